The van der Waals surface area contributed by atoms with E-state index in [9.17, 15) is 9.59 Å². The standard InChI is InChI=1S/C26H17BrCl2N2O3S/c1-13-23(14(2)32)24(21-9-8-20(34-21)16-6-7-18(28)19(29)12-16)31-25(33)22(35-26(31)30-13)11-15-4-3-5-17(27)10-15/h3-12,24H,1-2H3/b22-11+/t24-/m0/s1. The molecule has 5 rings (SSSR count). The molecule has 0 bridgehead atoms. The molecule has 0 aliphatic carbocycles. The van der Waals surface area contributed by atoms with Gasteiger partial charge in [-0.25, -0.2) is 4.99 Å². The number of thiazole rings is 1. The third kappa shape index (κ3) is 4.49. The third-order valence-corrected chi connectivity index (χ3v) is 7.86. The van der Waals surface area contributed by atoms with Crippen LogP contribution in [-0.4, -0.2) is 10.4 Å². The number of benzene rings is 2. The second kappa shape index (κ2) is 9.39. The van der Waals surface area contributed by atoms with Gasteiger partial charge in [-0.05, 0) is 68.0 Å². The molecular weight excluding hydrogens is 571 g/mol. The number of hydrogen-bond acceptors (Lipinski definition) is 5. The van der Waals surface area contributed by atoms with E-state index in [4.69, 9.17) is 27.6 Å². The highest BCUT2D eigenvalue weighted by Crippen LogP contribution is 2.35. The van der Waals surface area contributed by atoms with Crippen LogP contribution in [0.25, 0.3) is 17.4 Å². The highest BCUT2D eigenvalue weighted by atomic mass is 79.9. The van der Waals surface area contributed by atoms with Gasteiger partial charge >= 0.3 is 0 Å². The zero-order valence-electron chi connectivity index (χ0n) is 18.5. The van der Waals surface area contributed by atoms with E-state index < -0.39 is 6.04 Å². The molecule has 4 aromatic rings. The van der Waals surface area contributed by atoms with Gasteiger partial charge in [0.05, 0.1) is 14.6 Å². The molecule has 0 spiro atoms. The monoisotopic (exact) mass is 586 g/mol. The topological polar surface area (TPSA) is 64.6 Å². The smallest absolute Gasteiger partial charge is 0.271 e. The fourth-order valence-electron chi connectivity index (χ4n) is 4.09. The Morgan fingerprint density at radius 1 is 1.14 bits per heavy atom. The maximum Gasteiger partial charge on any atom is 0.271 e. The average molecular weight is 588 g/mol. The quantitative estimate of drug-likeness (QED) is 0.287. The summed E-state index contributed by atoms with van der Waals surface area (Å²) in [6.45, 7) is 3.25. The van der Waals surface area contributed by atoms with E-state index >= 15 is 0 Å². The number of allylic oxidation sites excluding steroid dienone is 2. The maximum absolute atomic E-state index is 13.6. The molecule has 0 radical (unpaired) electrons. The van der Waals surface area contributed by atoms with Crippen LogP contribution in [0.5, 0.6) is 0 Å². The Kier molecular flexibility index (Phi) is 6.44. The van der Waals surface area contributed by atoms with E-state index in [2.05, 4.69) is 20.9 Å². The van der Waals surface area contributed by atoms with E-state index in [0.717, 1.165) is 15.6 Å². The summed E-state index contributed by atoms with van der Waals surface area (Å²) in [7, 11) is 0. The number of nitrogens with zero attached hydrogens (tertiary/aromatic N) is 2. The van der Waals surface area contributed by atoms with Crippen LogP contribution in [-0.2, 0) is 4.79 Å². The zero-order valence-corrected chi connectivity index (χ0v) is 22.4. The van der Waals surface area contributed by atoms with Crippen LogP contribution in [0, 0.1) is 0 Å². The van der Waals surface area contributed by atoms with Gasteiger partial charge in [0.2, 0.25) is 0 Å². The van der Waals surface area contributed by atoms with Gasteiger partial charge in [0.15, 0.2) is 10.6 Å². The number of ketones is 1. The van der Waals surface area contributed by atoms with Crippen LogP contribution in [0.1, 0.15) is 31.2 Å². The molecule has 176 valence electrons. The number of rotatable bonds is 4. The first-order chi connectivity index (χ1) is 16.7. The summed E-state index contributed by atoms with van der Waals surface area (Å²) in [4.78, 5) is 31.4. The Morgan fingerprint density at radius 2 is 1.94 bits per heavy atom. The van der Waals surface area contributed by atoms with Gasteiger partial charge in [-0.15, -0.1) is 0 Å². The Balaban J connectivity index is 1.69. The molecule has 1 aliphatic rings. The van der Waals surface area contributed by atoms with Gasteiger partial charge in [0.25, 0.3) is 5.56 Å². The van der Waals surface area contributed by atoms with E-state index in [1.54, 1.807) is 37.3 Å². The minimum Gasteiger partial charge on any atom is -0.458 e. The molecule has 1 atom stereocenters. The number of hydrogen-bond donors (Lipinski definition) is 0. The lowest BCUT2D eigenvalue weighted by molar-refractivity contribution is -0.114. The fourth-order valence-corrected chi connectivity index (χ4v) is 5.85. The largest absolute Gasteiger partial charge is 0.458 e. The summed E-state index contributed by atoms with van der Waals surface area (Å²) in [5, 5.41) is 0.847. The number of carbonyl (C=O) groups excluding carboxylic acids is 1. The molecule has 0 unspecified atom stereocenters. The Labute approximate surface area is 222 Å². The Bertz CT molecular complexity index is 1710. The lowest BCUT2D eigenvalue weighted by atomic mass is 9.98. The summed E-state index contributed by atoms with van der Waals surface area (Å²) in [5.41, 5.74) is 2.35. The van der Waals surface area contributed by atoms with Gasteiger partial charge in [-0.1, -0.05) is 62.6 Å². The van der Waals surface area contributed by atoms with Crippen molar-refractivity contribution in [2.75, 3.05) is 0 Å². The molecule has 35 heavy (non-hydrogen) atoms. The van der Waals surface area contributed by atoms with Crippen LogP contribution in [0.2, 0.25) is 10.0 Å². The lowest BCUT2D eigenvalue weighted by Crippen LogP contribution is -2.39. The molecule has 9 heteroatoms. The highest BCUT2D eigenvalue weighted by Gasteiger charge is 2.33. The molecule has 1 aliphatic heterocycles. The van der Waals surface area contributed by atoms with Crippen LogP contribution >= 0.6 is 50.5 Å². The molecule has 0 amide bonds. The second-order valence-corrected chi connectivity index (χ2v) is 10.8. The average Bonchev–Trinajstić information content (AvgIpc) is 3.40. The van der Waals surface area contributed by atoms with E-state index in [0.29, 0.717) is 42.2 Å². The first kappa shape index (κ1) is 24.0. The van der Waals surface area contributed by atoms with Crippen molar-refractivity contribution in [3.8, 4) is 11.3 Å². The van der Waals surface area contributed by atoms with Crippen molar-refractivity contribution in [1.82, 2.24) is 4.57 Å². The van der Waals surface area contributed by atoms with Crippen LogP contribution in [0.3, 0.4) is 0 Å². The predicted molar refractivity (Wildman–Crippen MR) is 143 cm³/mol. The van der Waals surface area contributed by atoms with Crippen LogP contribution < -0.4 is 14.9 Å². The summed E-state index contributed by atoms with van der Waals surface area (Å²) >= 11 is 17.0. The molecule has 0 saturated heterocycles. The number of halogens is 3. The van der Waals surface area contributed by atoms with Gasteiger partial charge < -0.3 is 4.42 Å². The van der Waals surface area contributed by atoms with E-state index in [-0.39, 0.29) is 11.3 Å². The summed E-state index contributed by atoms with van der Waals surface area (Å²) < 4.78 is 9.15. The molecule has 0 fully saturated rings. The van der Waals surface area contributed by atoms with Crippen molar-refractivity contribution < 1.29 is 9.21 Å². The number of carbonyl (C=O) groups is 1. The number of fused-ring (bicyclic) bond motifs is 1. The molecule has 2 aromatic carbocycles. The maximum atomic E-state index is 13.6. The predicted octanol–water partition coefficient (Wildman–Crippen LogP) is 6.15. The first-order valence-electron chi connectivity index (χ1n) is 10.6. The normalized spacial score (nSPS) is 15.8. The van der Waals surface area contributed by atoms with E-state index in [1.165, 1.54) is 22.8 Å². The number of aromatic nitrogens is 1. The first-order valence-corrected chi connectivity index (χ1v) is 12.9. The molecule has 0 saturated carbocycles. The summed E-state index contributed by atoms with van der Waals surface area (Å²) in [5.74, 6) is 0.832. The zero-order chi connectivity index (χ0) is 24.9. The molecule has 0 N–H and O–H groups in total. The van der Waals surface area contributed by atoms with Gasteiger partial charge in [0.1, 0.15) is 17.6 Å². The number of furan rings is 1. The van der Waals surface area contributed by atoms with Crippen molar-refractivity contribution in [1.29, 1.82) is 0 Å². The van der Waals surface area contributed by atoms with E-state index in [1.807, 2.05) is 30.3 Å². The lowest BCUT2D eigenvalue weighted by Gasteiger charge is -2.22. The van der Waals surface area contributed by atoms with Crippen molar-refractivity contribution in [2.24, 2.45) is 4.99 Å². The van der Waals surface area contributed by atoms with Gasteiger partial charge in [-0.2, -0.15) is 0 Å². The van der Waals surface area contributed by atoms with Gasteiger partial charge in [-0.3, -0.25) is 14.2 Å². The fraction of sp³-hybridized carbons (Fsp3) is 0.115. The number of Topliss-reactive ketones (excluding diaryl/α,β-unsaturated/α-hetero) is 1. The third-order valence-electron chi connectivity index (χ3n) is 5.65. The molecule has 3 heterocycles. The van der Waals surface area contributed by atoms with Crippen molar-refractivity contribution in [3.63, 3.8) is 0 Å². The van der Waals surface area contributed by atoms with Crippen LogP contribution in [0.15, 0.2) is 84.5 Å². The molecule has 2 aromatic heterocycles. The Morgan fingerprint density at radius 3 is 2.66 bits per heavy atom. The van der Waals surface area contributed by atoms with Gasteiger partial charge in [0, 0.05) is 21.3 Å². The molecule has 5 nitrogen and oxygen atoms in total. The summed E-state index contributed by atoms with van der Waals surface area (Å²) in [6, 6.07) is 15.7. The summed E-state index contributed by atoms with van der Waals surface area (Å²) in [6.07, 6.45) is 1.82. The van der Waals surface area contributed by atoms with Crippen molar-refractivity contribution in [2.45, 2.75) is 19.9 Å². The van der Waals surface area contributed by atoms with Crippen molar-refractivity contribution >= 4 is 62.3 Å². The minimum absolute atomic E-state index is 0.176. The molecular formula is C26H17BrCl2N2O3S. The SMILES string of the molecule is CC(=O)C1=C(C)N=c2s/c(=C/c3cccc(Br)c3)c(=O)n2[C@H]1c1ccc(-c2ccc(Cl)c(Cl)c2)o1. The second-order valence-electron chi connectivity index (χ2n) is 8.02. The van der Waals surface area contributed by atoms with Crippen molar-refractivity contribution in [3.05, 3.63) is 111 Å². The minimum atomic E-state index is -0.732. The van der Waals surface area contributed by atoms with Crippen LogP contribution in [0.4, 0.5) is 0 Å². The highest BCUT2D eigenvalue weighted by molar-refractivity contribution is 9.10. The Hall–Kier alpha value is -2.71.